The van der Waals surface area contributed by atoms with E-state index in [2.05, 4.69) is 34.7 Å². The zero-order valence-corrected chi connectivity index (χ0v) is 16.7. The Kier molecular flexibility index (Phi) is 4.77. The number of nitrogens with one attached hydrogen (secondary N) is 1. The van der Waals surface area contributed by atoms with Crippen LogP contribution in [-0.4, -0.2) is 26.8 Å². The minimum absolute atomic E-state index is 0.123. The van der Waals surface area contributed by atoms with Crippen LogP contribution in [0.2, 0.25) is 0 Å². The van der Waals surface area contributed by atoms with E-state index in [1.54, 1.807) is 10.9 Å². The number of rotatable bonds is 5. The molecule has 3 aromatic rings. The number of benzene rings is 2. The van der Waals surface area contributed by atoms with Crippen molar-refractivity contribution < 1.29 is 14.7 Å². The first-order valence-electron chi connectivity index (χ1n) is 10.6. The highest BCUT2D eigenvalue weighted by Gasteiger charge is 2.50. The molecule has 2 atom stereocenters. The maximum atomic E-state index is 13.0. The summed E-state index contributed by atoms with van der Waals surface area (Å²) in [6.07, 6.45) is 7.21. The van der Waals surface area contributed by atoms with E-state index in [1.807, 2.05) is 24.4 Å². The first-order valence-corrected chi connectivity index (χ1v) is 10.6. The van der Waals surface area contributed by atoms with Crippen LogP contribution < -0.4 is 5.32 Å². The van der Waals surface area contributed by atoms with Crippen LogP contribution in [0.1, 0.15) is 31.2 Å². The highest BCUT2D eigenvalue weighted by Crippen LogP contribution is 2.49. The minimum Gasteiger partial charge on any atom is -0.481 e. The van der Waals surface area contributed by atoms with Crippen molar-refractivity contribution in [3.63, 3.8) is 0 Å². The van der Waals surface area contributed by atoms with Crippen LogP contribution in [-0.2, 0) is 16.1 Å². The fourth-order valence-corrected chi connectivity index (χ4v) is 5.53. The second-order valence-electron chi connectivity index (χ2n) is 8.62. The maximum Gasteiger partial charge on any atom is 0.307 e. The second kappa shape index (κ2) is 7.59. The van der Waals surface area contributed by atoms with E-state index in [4.69, 9.17) is 0 Å². The molecule has 6 heteroatoms. The highest BCUT2D eigenvalue weighted by molar-refractivity contribution is 5.95. The van der Waals surface area contributed by atoms with Gasteiger partial charge in [-0.25, -0.2) is 0 Å². The molecule has 2 aromatic carbocycles. The van der Waals surface area contributed by atoms with Crippen LogP contribution in [0, 0.1) is 23.7 Å². The molecule has 0 radical (unpaired) electrons. The number of aromatic nitrogens is 2. The van der Waals surface area contributed by atoms with E-state index in [9.17, 15) is 14.7 Å². The van der Waals surface area contributed by atoms with Crippen LogP contribution in [0.5, 0.6) is 0 Å². The number of amides is 1. The van der Waals surface area contributed by atoms with Crippen LogP contribution >= 0.6 is 0 Å². The standard InChI is InChI=1S/C24H25N3O3/c28-23(21-16-8-10-17(11-9-16)22(21)24(29)30)26-19-12-25-27(14-19)13-18-6-3-5-15-4-1-2-7-20(15)18/h1-7,12,14,16-17,21-22H,8-11,13H2,(H,26,28)(H,29,30)/t16?,17?,21-,22+/m1/s1. The number of aliphatic carboxylic acids is 1. The van der Waals surface area contributed by atoms with Gasteiger partial charge in [0.2, 0.25) is 5.91 Å². The van der Waals surface area contributed by atoms with Gasteiger partial charge in [-0.2, -0.15) is 5.10 Å². The minimum atomic E-state index is -0.837. The molecule has 6 nitrogen and oxygen atoms in total. The number of nitrogens with zero attached hydrogens (tertiary/aromatic N) is 2. The monoisotopic (exact) mass is 403 g/mol. The van der Waals surface area contributed by atoms with E-state index < -0.39 is 17.8 Å². The molecule has 0 aliphatic heterocycles. The number of fused-ring (bicyclic) bond motifs is 4. The smallest absolute Gasteiger partial charge is 0.307 e. The molecule has 6 rings (SSSR count). The van der Waals surface area contributed by atoms with Crippen LogP contribution in [0.15, 0.2) is 54.9 Å². The van der Waals surface area contributed by atoms with Crippen LogP contribution in [0.25, 0.3) is 10.8 Å². The molecule has 0 unspecified atom stereocenters. The Hall–Kier alpha value is -3.15. The Balaban J connectivity index is 1.32. The number of hydrogen-bond acceptors (Lipinski definition) is 3. The first kappa shape index (κ1) is 18.9. The van der Waals surface area contributed by atoms with Crippen LogP contribution in [0.3, 0.4) is 0 Å². The van der Waals surface area contributed by atoms with Crippen molar-refractivity contribution in [3.05, 3.63) is 60.4 Å². The van der Waals surface area contributed by atoms with E-state index in [0.717, 1.165) is 31.2 Å². The van der Waals surface area contributed by atoms with Crippen molar-refractivity contribution in [2.75, 3.05) is 5.32 Å². The topological polar surface area (TPSA) is 84.2 Å². The molecule has 1 amide bonds. The quantitative estimate of drug-likeness (QED) is 0.670. The number of carbonyl (C=O) groups is 2. The van der Waals surface area contributed by atoms with Gasteiger partial charge in [0.1, 0.15) is 0 Å². The van der Waals surface area contributed by atoms with Gasteiger partial charge in [-0.3, -0.25) is 14.3 Å². The average Bonchev–Trinajstić information content (AvgIpc) is 3.20. The molecule has 0 spiro atoms. The molecule has 3 fully saturated rings. The molecule has 3 saturated carbocycles. The normalized spacial score (nSPS) is 25.3. The molecule has 0 saturated heterocycles. The lowest BCUT2D eigenvalue weighted by atomic mass is 9.58. The third-order valence-corrected chi connectivity index (χ3v) is 6.92. The number of carbonyl (C=O) groups excluding carboxylic acids is 1. The fraction of sp³-hybridized carbons (Fsp3) is 0.375. The Morgan fingerprint density at radius 1 is 1.00 bits per heavy atom. The molecule has 30 heavy (non-hydrogen) atoms. The lowest BCUT2D eigenvalue weighted by Gasteiger charge is -2.45. The summed E-state index contributed by atoms with van der Waals surface area (Å²) in [7, 11) is 0. The van der Waals surface area contributed by atoms with Gasteiger partial charge in [-0.05, 0) is 53.9 Å². The van der Waals surface area contributed by atoms with Gasteiger partial charge < -0.3 is 10.4 Å². The van der Waals surface area contributed by atoms with Gasteiger partial charge in [0.25, 0.3) is 0 Å². The fourth-order valence-electron chi connectivity index (χ4n) is 5.53. The SMILES string of the molecule is O=C(Nc1cnn(Cc2cccc3ccccc23)c1)[C@@H]1C2CCC(CC2)[C@@H]1C(=O)O. The molecule has 1 heterocycles. The molecule has 1 aromatic heterocycles. The zero-order valence-electron chi connectivity index (χ0n) is 16.7. The summed E-state index contributed by atoms with van der Waals surface area (Å²) in [5.74, 6) is -1.74. The number of anilines is 1. The molecular formula is C24H25N3O3. The van der Waals surface area contributed by atoms with E-state index in [-0.39, 0.29) is 17.7 Å². The number of carboxylic acid groups (broad SMARTS) is 1. The van der Waals surface area contributed by atoms with Crippen molar-refractivity contribution >= 4 is 28.3 Å². The largest absolute Gasteiger partial charge is 0.481 e. The van der Waals surface area contributed by atoms with Gasteiger partial charge >= 0.3 is 5.97 Å². The molecule has 154 valence electrons. The Labute approximate surface area is 174 Å². The summed E-state index contributed by atoms with van der Waals surface area (Å²) in [5, 5.41) is 19.4. The molecular weight excluding hydrogens is 378 g/mol. The van der Waals surface area contributed by atoms with Crippen LogP contribution in [0.4, 0.5) is 5.69 Å². The molecule has 3 aliphatic rings. The Morgan fingerprint density at radius 2 is 1.70 bits per heavy atom. The van der Waals surface area contributed by atoms with Crippen molar-refractivity contribution in [1.82, 2.24) is 9.78 Å². The third-order valence-electron chi connectivity index (χ3n) is 6.92. The van der Waals surface area contributed by atoms with Crippen molar-refractivity contribution in [2.45, 2.75) is 32.2 Å². The predicted molar refractivity (Wildman–Crippen MR) is 114 cm³/mol. The second-order valence-corrected chi connectivity index (χ2v) is 8.62. The first-order chi connectivity index (χ1) is 14.6. The van der Waals surface area contributed by atoms with Crippen molar-refractivity contribution in [2.24, 2.45) is 23.7 Å². The van der Waals surface area contributed by atoms with E-state index >= 15 is 0 Å². The molecule has 2 bridgehead atoms. The highest BCUT2D eigenvalue weighted by atomic mass is 16.4. The van der Waals surface area contributed by atoms with Gasteiger partial charge in [0.15, 0.2) is 0 Å². The van der Waals surface area contributed by atoms with Crippen molar-refractivity contribution in [1.29, 1.82) is 0 Å². The van der Waals surface area contributed by atoms with Gasteiger partial charge in [-0.15, -0.1) is 0 Å². The summed E-state index contributed by atoms with van der Waals surface area (Å²) < 4.78 is 1.80. The maximum absolute atomic E-state index is 13.0. The summed E-state index contributed by atoms with van der Waals surface area (Å²) in [4.78, 5) is 24.8. The predicted octanol–water partition coefficient (Wildman–Crippen LogP) is 4.16. The molecule has 2 N–H and O–H groups in total. The Bertz CT molecular complexity index is 1090. The lowest BCUT2D eigenvalue weighted by molar-refractivity contribution is -0.156. The molecule has 3 aliphatic carbocycles. The average molecular weight is 403 g/mol. The number of hydrogen-bond donors (Lipinski definition) is 2. The number of carboxylic acids is 1. The summed E-state index contributed by atoms with van der Waals surface area (Å²) in [6.45, 7) is 0.600. The van der Waals surface area contributed by atoms with Gasteiger partial charge in [0, 0.05) is 6.20 Å². The summed E-state index contributed by atoms with van der Waals surface area (Å²) in [6, 6.07) is 14.4. The summed E-state index contributed by atoms with van der Waals surface area (Å²) >= 11 is 0. The van der Waals surface area contributed by atoms with E-state index in [0.29, 0.717) is 12.2 Å². The summed E-state index contributed by atoms with van der Waals surface area (Å²) in [5.41, 5.74) is 1.77. The van der Waals surface area contributed by atoms with E-state index in [1.165, 1.54) is 10.8 Å². The van der Waals surface area contributed by atoms with Gasteiger partial charge in [-0.1, -0.05) is 42.5 Å². The zero-order chi connectivity index (χ0) is 20.7. The lowest BCUT2D eigenvalue weighted by Crippen LogP contribution is -2.49. The van der Waals surface area contributed by atoms with Gasteiger partial charge in [0.05, 0.1) is 30.3 Å². The Morgan fingerprint density at radius 3 is 2.47 bits per heavy atom. The van der Waals surface area contributed by atoms with Crippen molar-refractivity contribution in [3.8, 4) is 0 Å². The third kappa shape index (κ3) is 3.36.